The van der Waals surface area contributed by atoms with Gasteiger partial charge in [0.1, 0.15) is 0 Å². The Labute approximate surface area is 130 Å². The summed E-state index contributed by atoms with van der Waals surface area (Å²) in [4.78, 5) is 4.23. The second kappa shape index (κ2) is 6.95. The van der Waals surface area contributed by atoms with E-state index in [1.54, 1.807) is 6.20 Å². The molecule has 2 N–H and O–H groups in total. The number of rotatable bonds is 3. The van der Waals surface area contributed by atoms with E-state index in [4.69, 9.17) is 12.2 Å². The third kappa shape index (κ3) is 4.36. The third-order valence-electron chi connectivity index (χ3n) is 3.13. The molecule has 0 aliphatic carbocycles. The van der Waals surface area contributed by atoms with Gasteiger partial charge in [0.15, 0.2) is 5.11 Å². The summed E-state index contributed by atoms with van der Waals surface area (Å²) in [6.07, 6.45) is 1.74. The Morgan fingerprint density at radius 1 is 1.14 bits per heavy atom. The minimum Gasteiger partial charge on any atom is -0.331 e. The van der Waals surface area contributed by atoms with Crippen LogP contribution < -0.4 is 10.7 Å². The Morgan fingerprint density at radius 3 is 2.62 bits per heavy atom. The number of benzene rings is 1. The summed E-state index contributed by atoms with van der Waals surface area (Å²) in [5.41, 5.74) is 7.85. The Hall–Kier alpha value is -2.27. The summed E-state index contributed by atoms with van der Waals surface area (Å²) in [5, 5.41) is 7.79. The van der Waals surface area contributed by atoms with Crippen molar-refractivity contribution in [2.75, 3.05) is 5.32 Å². The van der Waals surface area contributed by atoms with Gasteiger partial charge >= 0.3 is 0 Å². The number of nitrogens with zero attached hydrogens (tertiary/aromatic N) is 2. The average molecular weight is 298 g/mol. The summed E-state index contributed by atoms with van der Waals surface area (Å²) >= 11 is 5.23. The predicted octanol–water partition coefficient (Wildman–Crippen LogP) is 3.41. The normalized spacial score (nSPS) is 11.1. The van der Waals surface area contributed by atoms with Gasteiger partial charge in [0, 0.05) is 11.9 Å². The molecule has 0 aliphatic heterocycles. The molecular weight excluding hydrogens is 280 g/mol. The maximum atomic E-state index is 5.23. The number of anilines is 1. The van der Waals surface area contributed by atoms with Crippen molar-refractivity contribution in [3.05, 3.63) is 59.4 Å². The molecular formula is C16H18N4S. The summed E-state index contributed by atoms with van der Waals surface area (Å²) < 4.78 is 0. The first-order valence-electron chi connectivity index (χ1n) is 6.66. The van der Waals surface area contributed by atoms with E-state index in [9.17, 15) is 0 Å². The van der Waals surface area contributed by atoms with Gasteiger partial charge in [0.2, 0.25) is 0 Å². The minimum atomic E-state index is 0.452. The lowest BCUT2D eigenvalue weighted by Crippen LogP contribution is -2.25. The Balaban J connectivity index is 1.97. The van der Waals surface area contributed by atoms with Crippen molar-refractivity contribution in [3.63, 3.8) is 0 Å². The molecule has 0 aliphatic rings. The van der Waals surface area contributed by atoms with Crippen LogP contribution in [0.4, 0.5) is 5.69 Å². The maximum Gasteiger partial charge on any atom is 0.191 e. The smallest absolute Gasteiger partial charge is 0.191 e. The lowest BCUT2D eigenvalue weighted by atomic mass is 10.1. The van der Waals surface area contributed by atoms with Gasteiger partial charge < -0.3 is 5.32 Å². The Kier molecular flexibility index (Phi) is 5.00. The summed E-state index contributed by atoms with van der Waals surface area (Å²) in [5.74, 6) is 0. The molecule has 0 fully saturated rings. The fourth-order valence-electron chi connectivity index (χ4n) is 1.75. The molecule has 0 saturated heterocycles. The van der Waals surface area contributed by atoms with Crippen LogP contribution in [0, 0.1) is 13.8 Å². The van der Waals surface area contributed by atoms with Crippen molar-refractivity contribution in [2.45, 2.75) is 20.8 Å². The lowest BCUT2D eigenvalue weighted by molar-refractivity contribution is 1.03. The largest absolute Gasteiger partial charge is 0.331 e. The molecule has 0 amide bonds. The zero-order chi connectivity index (χ0) is 15.2. The molecule has 2 aromatic rings. The van der Waals surface area contributed by atoms with Crippen LogP contribution in [0.3, 0.4) is 0 Å². The van der Waals surface area contributed by atoms with E-state index in [2.05, 4.69) is 46.8 Å². The van der Waals surface area contributed by atoms with Gasteiger partial charge in [-0.1, -0.05) is 12.1 Å². The summed E-state index contributed by atoms with van der Waals surface area (Å²) in [6.45, 7) is 6.03. The molecule has 0 bridgehead atoms. The zero-order valence-corrected chi connectivity index (χ0v) is 13.2. The van der Waals surface area contributed by atoms with E-state index in [0.717, 1.165) is 17.1 Å². The van der Waals surface area contributed by atoms with Crippen molar-refractivity contribution >= 4 is 28.7 Å². The van der Waals surface area contributed by atoms with Crippen molar-refractivity contribution < 1.29 is 0 Å². The number of thiocarbonyl (C=S) groups is 1. The highest BCUT2D eigenvalue weighted by molar-refractivity contribution is 7.80. The fourth-order valence-corrected chi connectivity index (χ4v) is 1.91. The van der Waals surface area contributed by atoms with Crippen LogP contribution in [0.1, 0.15) is 23.7 Å². The average Bonchev–Trinajstić information content (AvgIpc) is 2.49. The molecule has 5 heteroatoms. The van der Waals surface area contributed by atoms with Gasteiger partial charge in [0.25, 0.3) is 0 Å². The maximum absolute atomic E-state index is 5.23. The van der Waals surface area contributed by atoms with Crippen LogP contribution in [0.2, 0.25) is 0 Å². The predicted molar refractivity (Wildman–Crippen MR) is 91.7 cm³/mol. The highest BCUT2D eigenvalue weighted by Gasteiger charge is 2.00. The first-order valence-corrected chi connectivity index (χ1v) is 7.07. The van der Waals surface area contributed by atoms with Gasteiger partial charge in [0.05, 0.1) is 11.4 Å². The van der Waals surface area contributed by atoms with E-state index < -0.39 is 0 Å². The number of aryl methyl sites for hydroxylation is 2. The standard InChI is InChI=1S/C16H18N4S/c1-11-7-8-14(10-12(11)2)18-16(21)20-19-13(3)15-6-4-5-9-17-15/h4-10H,1-3H3,(H2,18,20,21)/b19-13+. The van der Waals surface area contributed by atoms with Crippen LogP contribution in [0.5, 0.6) is 0 Å². The van der Waals surface area contributed by atoms with E-state index in [1.165, 1.54) is 11.1 Å². The number of hydrazone groups is 1. The molecule has 108 valence electrons. The molecule has 4 nitrogen and oxygen atoms in total. The molecule has 2 rings (SSSR count). The third-order valence-corrected chi connectivity index (χ3v) is 3.32. The molecule has 1 aromatic carbocycles. The zero-order valence-electron chi connectivity index (χ0n) is 12.3. The van der Waals surface area contributed by atoms with Crippen molar-refractivity contribution in [3.8, 4) is 0 Å². The summed E-state index contributed by atoms with van der Waals surface area (Å²) in [7, 11) is 0. The molecule has 0 saturated carbocycles. The van der Waals surface area contributed by atoms with Gasteiger partial charge in [-0.25, -0.2) is 0 Å². The Bertz CT molecular complexity index is 665. The number of hydrogen-bond acceptors (Lipinski definition) is 3. The second-order valence-electron chi connectivity index (χ2n) is 4.78. The lowest BCUT2D eigenvalue weighted by Gasteiger charge is -2.09. The monoisotopic (exact) mass is 298 g/mol. The highest BCUT2D eigenvalue weighted by Crippen LogP contribution is 2.13. The minimum absolute atomic E-state index is 0.452. The molecule has 0 atom stereocenters. The van der Waals surface area contributed by atoms with Gasteiger partial charge in [-0.05, 0) is 68.4 Å². The second-order valence-corrected chi connectivity index (χ2v) is 5.19. The van der Waals surface area contributed by atoms with Gasteiger partial charge in [-0.2, -0.15) is 5.10 Å². The fraction of sp³-hybridized carbons (Fsp3) is 0.188. The van der Waals surface area contributed by atoms with Gasteiger partial charge in [-0.15, -0.1) is 0 Å². The molecule has 21 heavy (non-hydrogen) atoms. The molecule has 0 radical (unpaired) electrons. The van der Waals surface area contributed by atoms with Crippen LogP contribution in [0.15, 0.2) is 47.7 Å². The summed E-state index contributed by atoms with van der Waals surface area (Å²) in [6, 6.07) is 11.8. The molecule has 0 spiro atoms. The molecule has 0 unspecified atom stereocenters. The van der Waals surface area contributed by atoms with Crippen LogP contribution in [0.25, 0.3) is 0 Å². The van der Waals surface area contributed by atoms with Gasteiger partial charge in [-0.3, -0.25) is 10.4 Å². The van der Waals surface area contributed by atoms with Crippen LogP contribution >= 0.6 is 12.2 Å². The van der Waals surface area contributed by atoms with Crippen LogP contribution in [-0.2, 0) is 0 Å². The van der Waals surface area contributed by atoms with Crippen molar-refractivity contribution in [1.82, 2.24) is 10.4 Å². The first kappa shape index (κ1) is 15.1. The number of nitrogens with one attached hydrogen (secondary N) is 2. The number of pyridine rings is 1. The highest BCUT2D eigenvalue weighted by atomic mass is 32.1. The van der Waals surface area contributed by atoms with E-state index in [1.807, 2.05) is 31.2 Å². The molecule has 1 aromatic heterocycles. The van der Waals surface area contributed by atoms with E-state index in [0.29, 0.717) is 5.11 Å². The van der Waals surface area contributed by atoms with Crippen LogP contribution in [-0.4, -0.2) is 15.8 Å². The van der Waals surface area contributed by atoms with E-state index >= 15 is 0 Å². The number of hydrogen-bond donors (Lipinski definition) is 2. The quantitative estimate of drug-likeness (QED) is 0.518. The van der Waals surface area contributed by atoms with Crippen molar-refractivity contribution in [2.24, 2.45) is 5.10 Å². The van der Waals surface area contributed by atoms with E-state index in [-0.39, 0.29) is 0 Å². The SMILES string of the molecule is C/C(=N\NC(=S)Nc1ccc(C)c(C)c1)c1ccccn1. The molecule has 1 heterocycles. The number of aromatic nitrogens is 1. The first-order chi connectivity index (χ1) is 10.1. The Morgan fingerprint density at radius 2 is 1.95 bits per heavy atom. The topological polar surface area (TPSA) is 49.3 Å². The van der Waals surface area contributed by atoms with Crippen molar-refractivity contribution in [1.29, 1.82) is 0 Å².